The fourth-order valence-corrected chi connectivity index (χ4v) is 2.30. The lowest BCUT2D eigenvalue weighted by atomic mass is 10.1. The highest BCUT2D eigenvalue weighted by atomic mass is 19.4. The van der Waals surface area contributed by atoms with Gasteiger partial charge >= 0.3 is 6.18 Å². The van der Waals surface area contributed by atoms with Crippen LogP contribution in [0.15, 0.2) is 0 Å². The van der Waals surface area contributed by atoms with E-state index in [9.17, 15) is 13.2 Å². The van der Waals surface area contributed by atoms with E-state index in [-0.39, 0.29) is 12.1 Å². The third kappa shape index (κ3) is 5.12. The lowest BCUT2D eigenvalue weighted by Crippen LogP contribution is -2.55. The van der Waals surface area contributed by atoms with E-state index in [2.05, 4.69) is 17.1 Å². The molecule has 0 bridgehead atoms. The normalized spacial score (nSPS) is 28.3. The van der Waals surface area contributed by atoms with Crippen molar-refractivity contribution in [1.29, 1.82) is 0 Å². The van der Waals surface area contributed by atoms with Crippen LogP contribution in [0.2, 0.25) is 0 Å². The van der Waals surface area contributed by atoms with Crippen LogP contribution in [0, 0.1) is 0 Å². The molecule has 1 N–H and O–H groups in total. The number of hydrogen-bond acceptors (Lipinski definition) is 3. The number of hydrogen-bond donors (Lipinski definition) is 1. The highest BCUT2D eigenvalue weighted by Gasteiger charge is 2.30. The third-order valence-electron chi connectivity index (χ3n) is 3.31. The van der Waals surface area contributed by atoms with E-state index in [4.69, 9.17) is 4.74 Å². The van der Waals surface area contributed by atoms with Crippen molar-refractivity contribution in [3.8, 4) is 0 Å². The molecule has 18 heavy (non-hydrogen) atoms. The van der Waals surface area contributed by atoms with Crippen LogP contribution in [0.3, 0.4) is 0 Å². The maximum absolute atomic E-state index is 12.1. The van der Waals surface area contributed by atoms with E-state index in [0.717, 1.165) is 13.0 Å². The van der Waals surface area contributed by atoms with Gasteiger partial charge in [0.05, 0.1) is 19.3 Å². The Morgan fingerprint density at radius 1 is 1.44 bits per heavy atom. The minimum Gasteiger partial charge on any atom is -0.376 e. The molecule has 3 atom stereocenters. The summed E-state index contributed by atoms with van der Waals surface area (Å²) in [5.41, 5.74) is 0. The Morgan fingerprint density at radius 2 is 2.11 bits per heavy atom. The molecule has 3 nitrogen and oxygen atoms in total. The summed E-state index contributed by atoms with van der Waals surface area (Å²) in [5, 5.41) is 2.47. The molecule has 0 amide bonds. The SMILES string of the molecule is CCC1COC(C)CN1C(C)CNCC(F)(F)F. The summed E-state index contributed by atoms with van der Waals surface area (Å²) < 4.78 is 41.7. The maximum Gasteiger partial charge on any atom is 0.401 e. The topological polar surface area (TPSA) is 24.5 Å². The van der Waals surface area contributed by atoms with Gasteiger partial charge in [-0.3, -0.25) is 4.90 Å². The van der Waals surface area contributed by atoms with Crippen molar-refractivity contribution in [2.45, 2.75) is 51.6 Å². The minimum atomic E-state index is -4.14. The summed E-state index contributed by atoms with van der Waals surface area (Å²) >= 11 is 0. The second-order valence-corrected chi connectivity index (χ2v) is 5.00. The maximum atomic E-state index is 12.1. The Hall–Kier alpha value is -0.330. The Kier molecular flexibility index (Phi) is 5.88. The van der Waals surface area contributed by atoms with Gasteiger partial charge in [-0.05, 0) is 20.3 Å². The standard InChI is InChI=1S/C12H23F3N2O/c1-4-11-7-18-10(3)6-17(11)9(2)5-16-8-12(13,14)15/h9-11,16H,4-8H2,1-3H3. The largest absolute Gasteiger partial charge is 0.401 e. The zero-order valence-electron chi connectivity index (χ0n) is 11.3. The van der Waals surface area contributed by atoms with Gasteiger partial charge in [0, 0.05) is 25.2 Å². The Morgan fingerprint density at radius 3 is 2.67 bits per heavy atom. The van der Waals surface area contributed by atoms with Crippen LogP contribution < -0.4 is 5.32 Å². The van der Waals surface area contributed by atoms with Crippen LogP contribution in [0.4, 0.5) is 13.2 Å². The second kappa shape index (κ2) is 6.73. The molecule has 0 aromatic rings. The number of morpholine rings is 1. The Labute approximate surface area is 107 Å². The van der Waals surface area contributed by atoms with Crippen molar-refractivity contribution in [1.82, 2.24) is 10.2 Å². The van der Waals surface area contributed by atoms with Crippen molar-refractivity contribution in [2.24, 2.45) is 0 Å². The highest BCUT2D eigenvalue weighted by molar-refractivity contribution is 4.82. The molecule has 108 valence electrons. The molecule has 0 spiro atoms. The number of nitrogens with zero attached hydrogens (tertiary/aromatic N) is 1. The Bertz CT molecular complexity index is 248. The third-order valence-corrected chi connectivity index (χ3v) is 3.31. The molecule has 1 heterocycles. The molecule has 1 fully saturated rings. The number of ether oxygens (including phenoxy) is 1. The van der Waals surface area contributed by atoms with E-state index < -0.39 is 12.7 Å². The van der Waals surface area contributed by atoms with Gasteiger partial charge in [0.2, 0.25) is 0 Å². The fourth-order valence-electron chi connectivity index (χ4n) is 2.30. The van der Waals surface area contributed by atoms with Crippen LogP contribution in [-0.2, 0) is 4.74 Å². The molecular weight excluding hydrogens is 245 g/mol. The first-order chi connectivity index (χ1) is 8.33. The predicted octanol–water partition coefficient (Wildman–Crippen LogP) is 2.03. The highest BCUT2D eigenvalue weighted by Crippen LogP contribution is 2.17. The monoisotopic (exact) mass is 268 g/mol. The molecule has 1 rings (SSSR count). The molecule has 1 saturated heterocycles. The molecule has 0 aliphatic carbocycles. The van der Waals surface area contributed by atoms with Crippen molar-refractivity contribution in [2.75, 3.05) is 26.2 Å². The van der Waals surface area contributed by atoms with Crippen molar-refractivity contribution in [3.05, 3.63) is 0 Å². The van der Waals surface area contributed by atoms with Crippen molar-refractivity contribution >= 4 is 0 Å². The molecule has 0 saturated carbocycles. The van der Waals surface area contributed by atoms with Crippen molar-refractivity contribution < 1.29 is 17.9 Å². The quantitative estimate of drug-likeness (QED) is 0.825. The van der Waals surface area contributed by atoms with E-state index in [1.165, 1.54) is 0 Å². The first-order valence-corrected chi connectivity index (χ1v) is 6.48. The Balaban J connectivity index is 2.40. The minimum absolute atomic E-state index is 0.0867. The van der Waals surface area contributed by atoms with Crippen molar-refractivity contribution in [3.63, 3.8) is 0 Å². The van der Waals surface area contributed by atoms with Crippen LogP contribution >= 0.6 is 0 Å². The van der Waals surface area contributed by atoms with Gasteiger partial charge in [-0.15, -0.1) is 0 Å². The molecule has 3 unspecified atom stereocenters. The van der Waals surface area contributed by atoms with Crippen LogP contribution in [-0.4, -0.2) is 55.5 Å². The summed E-state index contributed by atoms with van der Waals surface area (Å²) in [6, 6.07) is 0.396. The van der Waals surface area contributed by atoms with Gasteiger partial charge in [-0.1, -0.05) is 6.92 Å². The molecule has 0 aromatic heterocycles. The lowest BCUT2D eigenvalue weighted by molar-refractivity contribution is -0.126. The van der Waals surface area contributed by atoms with Gasteiger partial charge in [-0.2, -0.15) is 13.2 Å². The van der Waals surface area contributed by atoms with E-state index >= 15 is 0 Å². The summed E-state index contributed by atoms with van der Waals surface area (Å²) in [4.78, 5) is 2.25. The summed E-state index contributed by atoms with van der Waals surface area (Å²) in [6.07, 6.45) is -3.03. The average molecular weight is 268 g/mol. The van der Waals surface area contributed by atoms with Crippen LogP contribution in [0.1, 0.15) is 27.2 Å². The summed E-state index contributed by atoms with van der Waals surface area (Å²) in [5.74, 6) is 0. The van der Waals surface area contributed by atoms with Gasteiger partial charge in [0.15, 0.2) is 0 Å². The lowest BCUT2D eigenvalue weighted by Gasteiger charge is -2.42. The predicted molar refractivity (Wildman–Crippen MR) is 64.6 cm³/mol. The van der Waals surface area contributed by atoms with E-state index in [1.807, 2.05) is 13.8 Å². The smallest absolute Gasteiger partial charge is 0.376 e. The van der Waals surface area contributed by atoms with Gasteiger partial charge in [-0.25, -0.2) is 0 Å². The number of nitrogens with one attached hydrogen (secondary N) is 1. The molecule has 1 aliphatic rings. The molecule has 6 heteroatoms. The second-order valence-electron chi connectivity index (χ2n) is 5.00. The molecule has 0 radical (unpaired) electrons. The molecular formula is C12H23F3N2O. The van der Waals surface area contributed by atoms with E-state index in [1.54, 1.807) is 0 Å². The molecule has 0 aromatic carbocycles. The zero-order valence-corrected chi connectivity index (χ0v) is 11.3. The van der Waals surface area contributed by atoms with Crippen LogP contribution in [0.25, 0.3) is 0 Å². The molecule has 1 aliphatic heterocycles. The van der Waals surface area contributed by atoms with Gasteiger partial charge in [0.25, 0.3) is 0 Å². The number of halogens is 3. The summed E-state index contributed by atoms with van der Waals surface area (Å²) in [6.45, 7) is 6.91. The summed E-state index contributed by atoms with van der Waals surface area (Å²) in [7, 11) is 0. The average Bonchev–Trinajstić information content (AvgIpc) is 2.27. The van der Waals surface area contributed by atoms with Crippen LogP contribution in [0.5, 0.6) is 0 Å². The van der Waals surface area contributed by atoms with Gasteiger partial charge < -0.3 is 10.1 Å². The number of alkyl halides is 3. The first-order valence-electron chi connectivity index (χ1n) is 6.48. The number of rotatable bonds is 5. The van der Waals surface area contributed by atoms with Gasteiger partial charge in [0.1, 0.15) is 0 Å². The van der Waals surface area contributed by atoms with E-state index in [0.29, 0.717) is 19.2 Å². The fraction of sp³-hybridized carbons (Fsp3) is 1.00. The first kappa shape index (κ1) is 15.7. The zero-order chi connectivity index (χ0) is 13.8.